The number of carbonyl (C=O) groups is 1. The predicted octanol–water partition coefficient (Wildman–Crippen LogP) is 1.68. The fourth-order valence-electron chi connectivity index (χ4n) is 3.54. The van der Waals surface area contributed by atoms with Gasteiger partial charge in [0.1, 0.15) is 5.52 Å². The Morgan fingerprint density at radius 1 is 1.35 bits per heavy atom. The maximum absolute atomic E-state index is 12.5. The van der Waals surface area contributed by atoms with Crippen LogP contribution in [-0.4, -0.2) is 43.0 Å². The van der Waals surface area contributed by atoms with Crippen molar-refractivity contribution >= 4 is 32.7 Å². The molecule has 0 spiro atoms. The number of urea groups is 1. The van der Waals surface area contributed by atoms with Gasteiger partial charge in [-0.2, -0.15) is 0 Å². The molecule has 0 unspecified atom stereocenters. The number of rotatable bonds is 1. The van der Waals surface area contributed by atoms with E-state index < -0.39 is 0 Å². The van der Waals surface area contributed by atoms with E-state index in [-0.39, 0.29) is 24.9 Å². The molecule has 2 atom stereocenters. The number of thiazole rings is 1. The van der Waals surface area contributed by atoms with Crippen LogP contribution in [0.5, 0.6) is 11.5 Å². The van der Waals surface area contributed by atoms with Gasteiger partial charge in [0, 0.05) is 6.54 Å². The summed E-state index contributed by atoms with van der Waals surface area (Å²) in [6.45, 7) is 2.03. The van der Waals surface area contributed by atoms with Gasteiger partial charge in [0.2, 0.25) is 6.79 Å². The third-order valence-electron chi connectivity index (χ3n) is 4.63. The molecule has 0 radical (unpaired) electrons. The van der Waals surface area contributed by atoms with Gasteiger partial charge in [0.25, 0.3) is 0 Å². The summed E-state index contributed by atoms with van der Waals surface area (Å²) in [5, 5.41) is 7.19. The highest BCUT2D eigenvalue weighted by Crippen LogP contribution is 2.43. The summed E-state index contributed by atoms with van der Waals surface area (Å²) in [4.78, 5) is 19.0. The zero-order valence-corrected chi connectivity index (χ0v) is 13.2. The molecule has 120 valence electrons. The van der Waals surface area contributed by atoms with Crippen molar-refractivity contribution < 1.29 is 14.3 Å². The van der Waals surface area contributed by atoms with E-state index in [0.717, 1.165) is 47.0 Å². The highest BCUT2D eigenvalue weighted by Gasteiger charge is 2.42. The molecule has 2 fully saturated rings. The summed E-state index contributed by atoms with van der Waals surface area (Å²) >= 11 is 1.52. The molecular formula is C15H16N4O3S. The van der Waals surface area contributed by atoms with Crippen molar-refractivity contribution in [1.29, 1.82) is 0 Å². The van der Waals surface area contributed by atoms with E-state index in [4.69, 9.17) is 14.5 Å². The lowest BCUT2D eigenvalue weighted by Crippen LogP contribution is -2.40. The molecule has 7 nitrogen and oxygen atoms in total. The van der Waals surface area contributed by atoms with Gasteiger partial charge in [0.15, 0.2) is 16.6 Å². The Morgan fingerprint density at radius 2 is 2.30 bits per heavy atom. The van der Waals surface area contributed by atoms with Crippen molar-refractivity contribution in [2.45, 2.75) is 24.9 Å². The summed E-state index contributed by atoms with van der Waals surface area (Å²) in [5.41, 5.74) is 0.781. The molecule has 2 N–H and O–H groups in total. The van der Waals surface area contributed by atoms with E-state index in [9.17, 15) is 4.79 Å². The Bertz CT molecular complexity index is 792. The molecular weight excluding hydrogens is 316 g/mol. The molecule has 8 heteroatoms. The summed E-state index contributed by atoms with van der Waals surface area (Å²) < 4.78 is 11.9. The fraction of sp³-hybridized carbons (Fsp3) is 0.467. The molecule has 5 rings (SSSR count). The van der Waals surface area contributed by atoms with Crippen molar-refractivity contribution in [3.05, 3.63) is 12.1 Å². The number of amides is 2. The third-order valence-corrected chi connectivity index (χ3v) is 5.65. The second kappa shape index (κ2) is 4.97. The van der Waals surface area contributed by atoms with Crippen molar-refractivity contribution in [2.75, 3.05) is 24.8 Å². The topological polar surface area (TPSA) is 75.7 Å². The van der Waals surface area contributed by atoms with Crippen molar-refractivity contribution in [3.8, 4) is 11.5 Å². The lowest BCUT2D eigenvalue weighted by molar-refractivity contribution is 0.174. The first-order valence-electron chi connectivity index (χ1n) is 7.81. The Balaban J connectivity index is 1.58. The molecule has 2 amide bonds. The standard InChI is InChI=1S/C15H16N4O3S/c20-14-17-8-6-16-5-1-2-9(8)19(14)15-18-12-11(23-15)4-3-10-13(12)22-7-21-10/h3-4,8-9,16H,1-2,5-7H2,(H,17,20)/t8-,9+/m0/s1. The number of carbonyl (C=O) groups excluding carboxylic acids is 1. The molecule has 3 aliphatic rings. The largest absolute Gasteiger partial charge is 0.454 e. The molecule has 3 aliphatic heterocycles. The van der Waals surface area contributed by atoms with E-state index in [0.29, 0.717) is 5.75 Å². The second-order valence-corrected chi connectivity index (χ2v) is 6.99. The SMILES string of the molecule is O=C1N[C@H]2CNCCC[C@H]2N1c1nc2c3c(ccc2s1)OCO3. The van der Waals surface area contributed by atoms with E-state index >= 15 is 0 Å². The molecule has 2 aromatic rings. The van der Waals surface area contributed by atoms with Crippen LogP contribution in [0.25, 0.3) is 10.2 Å². The van der Waals surface area contributed by atoms with Crippen LogP contribution in [0.4, 0.5) is 9.93 Å². The lowest BCUT2D eigenvalue weighted by atomic mass is 10.1. The average molecular weight is 332 g/mol. The molecule has 0 bridgehead atoms. The summed E-state index contributed by atoms with van der Waals surface area (Å²) in [7, 11) is 0. The average Bonchev–Trinajstić information content (AvgIpc) is 3.19. The Hall–Kier alpha value is -2.06. The van der Waals surface area contributed by atoms with Crippen LogP contribution >= 0.6 is 11.3 Å². The molecule has 1 aromatic heterocycles. The Morgan fingerprint density at radius 3 is 3.26 bits per heavy atom. The van der Waals surface area contributed by atoms with Gasteiger partial charge in [-0.3, -0.25) is 4.90 Å². The van der Waals surface area contributed by atoms with E-state index in [1.807, 2.05) is 17.0 Å². The fourth-order valence-corrected chi connectivity index (χ4v) is 4.56. The number of nitrogens with zero attached hydrogens (tertiary/aromatic N) is 2. The smallest absolute Gasteiger partial charge is 0.324 e. The normalized spacial score (nSPS) is 26.3. The molecule has 2 saturated heterocycles. The molecule has 0 saturated carbocycles. The van der Waals surface area contributed by atoms with Gasteiger partial charge >= 0.3 is 6.03 Å². The summed E-state index contributed by atoms with van der Waals surface area (Å²) in [6.07, 6.45) is 2.04. The lowest BCUT2D eigenvalue weighted by Gasteiger charge is -2.22. The van der Waals surface area contributed by atoms with Crippen LogP contribution in [0.3, 0.4) is 0 Å². The maximum Gasteiger partial charge on any atom is 0.324 e. The molecule has 1 aromatic carbocycles. The number of ether oxygens (including phenoxy) is 2. The van der Waals surface area contributed by atoms with Gasteiger partial charge in [-0.25, -0.2) is 9.78 Å². The van der Waals surface area contributed by atoms with E-state index in [2.05, 4.69) is 10.6 Å². The number of hydrogen-bond donors (Lipinski definition) is 2. The first-order valence-corrected chi connectivity index (χ1v) is 8.62. The van der Waals surface area contributed by atoms with Crippen molar-refractivity contribution in [3.63, 3.8) is 0 Å². The minimum absolute atomic E-state index is 0.0587. The number of benzene rings is 1. The number of fused-ring (bicyclic) bond motifs is 4. The summed E-state index contributed by atoms with van der Waals surface area (Å²) in [6, 6.07) is 4.11. The Kier molecular flexibility index (Phi) is 2.89. The van der Waals surface area contributed by atoms with Crippen molar-refractivity contribution in [1.82, 2.24) is 15.6 Å². The zero-order valence-electron chi connectivity index (χ0n) is 12.4. The molecule has 23 heavy (non-hydrogen) atoms. The minimum Gasteiger partial charge on any atom is -0.454 e. The molecule has 4 heterocycles. The van der Waals surface area contributed by atoms with Crippen LogP contribution in [0.15, 0.2) is 12.1 Å². The number of nitrogens with one attached hydrogen (secondary N) is 2. The maximum atomic E-state index is 12.5. The summed E-state index contributed by atoms with van der Waals surface area (Å²) in [5.74, 6) is 1.40. The Labute approximate surface area is 136 Å². The van der Waals surface area contributed by atoms with Crippen LogP contribution in [0.1, 0.15) is 12.8 Å². The van der Waals surface area contributed by atoms with Gasteiger partial charge in [-0.15, -0.1) is 0 Å². The highest BCUT2D eigenvalue weighted by atomic mass is 32.1. The second-order valence-electron chi connectivity index (χ2n) is 5.98. The van der Waals surface area contributed by atoms with Gasteiger partial charge in [0.05, 0.1) is 16.8 Å². The quantitative estimate of drug-likeness (QED) is 0.831. The van der Waals surface area contributed by atoms with Crippen LogP contribution < -0.4 is 25.0 Å². The van der Waals surface area contributed by atoms with E-state index in [1.54, 1.807) is 0 Å². The zero-order chi connectivity index (χ0) is 15.4. The number of hydrogen-bond acceptors (Lipinski definition) is 6. The monoisotopic (exact) mass is 332 g/mol. The molecule has 0 aliphatic carbocycles. The van der Waals surface area contributed by atoms with Crippen LogP contribution in [0.2, 0.25) is 0 Å². The third kappa shape index (κ3) is 1.98. The first-order chi connectivity index (χ1) is 11.3. The number of aromatic nitrogens is 1. The van der Waals surface area contributed by atoms with Gasteiger partial charge in [-0.05, 0) is 31.5 Å². The highest BCUT2D eigenvalue weighted by molar-refractivity contribution is 7.22. The van der Waals surface area contributed by atoms with Crippen LogP contribution in [0, 0.1) is 0 Å². The number of anilines is 1. The predicted molar refractivity (Wildman–Crippen MR) is 86.4 cm³/mol. The van der Waals surface area contributed by atoms with Crippen LogP contribution in [-0.2, 0) is 0 Å². The van der Waals surface area contributed by atoms with E-state index in [1.165, 1.54) is 11.3 Å². The first kappa shape index (κ1) is 13.4. The minimum atomic E-state index is -0.0587. The van der Waals surface area contributed by atoms with Gasteiger partial charge < -0.3 is 20.1 Å². The van der Waals surface area contributed by atoms with Crippen molar-refractivity contribution in [2.24, 2.45) is 0 Å². The van der Waals surface area contributed by atoms with Gasteiger partial charge in [-0.1, -0.05) is 11.3 Å².